The van der Waals surface area contributed by atoms with Crippen LogP contribution in [0.3, 0.4) is 0 Å². The van der Waals surface area contributed by atoms with E-state index in [4.69, 9.17) is 23.7 Å². The van der Waals surface area contributed by atoms with Crippen molar-refractivity contribution in [2.45, 2.75) is 141 Å². The number of esters is 5. The van der Waals surface area contributed by atoms with Crippen LogP contribution in [0.25, 0.3) is 24.3 Å². The van der Waals surface area contributed by atoms with Gasteiger partial charge in [0.1, 0.15) is 65.8 Å². The minimum absolute atomic E-state index is 0.223. The molecule has 0 fully saturated rings. The molecule has 2 atom stereocenters. The number of carbonyl (C=O) groups is 5. The number of ether oxygens (including phenoxy) is 5. The normalized spacial score (nSPS) is 12.8. The van der Waals surface area contributed by atoms with E-state index >= 15 is 0 Å². The van der Waals surface area contributed by atoms with Gasteiger partial charge in [0.15, 0.2) is 0 Å². The lowest BCUT2D eigenvalue weighted by Gasteiger charge is -2.37. The molecule has 0 aliphatic heterocycles. The summed E-state index contributed by atoms with van der Waals surface area (Å²) in [7, 11) is 6.19. The smallest absolute Gasteiger partial charge is 0.330 e. The van der Waals surface area contributed by atoms with Gasteiger partial charge >= 0.3 is 29.8 Å². The number of rotatable bonds is 44. The molecule has 0 spiro atoms. The number of allylic oxidation sites excluding steroid dienone is 1. The molecule has 4 aromatic carbocycles. The molecule has 15 nitrogen and oxygen atoms in total. The number of hydrogen-bond acceptors (Lipinski definition) is 10. The molecule has 558 valence electrons. The predicted molar refractivity (Wildman–Crippen MR) is 418 cm³/mol. The molecule has 0 aromatic heterocycles. The maximum absolute atomic E-state index is 11.8. The number of nitrogens with zero attached hydrogens (tertiary/aromatic N) is 5. The van der Waals surface area contributed by atoms with Gasteiger partial charge in [0, 0.05) is 30.4 Å². The van der Waals surface area contributed by atoms with Gasteiger partial charge in [-0.2, -0.15) is 0 Å². The molecule has 4 aromatic rings. The second kappa shape index (κ2) is 57.4. The molecule has 0 saturated carbocycles. The molecule has 0 bridgehead atoms. The largest absolute Gasteiger partial charge is 0.457 e. The van der Waals surface area contributed by atoms with Crippen molar-refractivity contribution in [1.29, 1.82) is 0 Å². The monoisotopic (exact) mass is 1390 g/mol. The van der Waals surface area contributed by atoms with Crippen molar-refractivity contribution in [3.8, 4) is 0 Å². The van der Waals surface area contributed by atoms with Gasteiger partial charge in [-0.25, -0.2) is 24.0 Å². The number of unbranched alkanes of at least 4 members (excludes halogenated alkanes) is 2. The Bertz CT molecular complexity index is 2860. The van der Waals surface area contributed by atoms with Gasteiger partial charge in [-0.3, -0.25) is 0 Å². The first-order chi connectivity index (χ1) is 48.1. The molecule has 0 aliphatic carbocycles. The Labute approximate surface area is 608 Å². The van der Waals surface area contributed by atoms with E-state index in [1.807, 2.05) is 128 Å². The van der Waals surface area contributed by atoms with Gasteiger partial charge in [-0.15, -0.1) is 0 Å². The Morgan fingerprint density at radius 3 is 0.710 bits per heavy atom. The quantitative estimate of drug-likeness (QED) is 0.0182. The Kier molecular flexibility index (Phi) is 53.2. The lowest BCUT2D eigenvalue weighted by Crippen LogP contribution is -2.51. The molecule has 2 unspecified atom stereocenters. The molecule has 100 heavy (non-hydrogen) atoms. The van der Waals surface area contributed by atoms with Crippen LogP contribution in [0.1, 0.15) is 164 Å². The highest BCUT2D eigenvalue weighted by Gasteiger charge is 2.27. The topological polar surface area (TPSA) is 132 Å². The van der Waals surface area contributed by atoms with E-state index in [-0.39, 0.29) is 29.8 Å². The van der Waals surface area contributed by atoms with Crippen molar-refractivity contribution in [1.82, 2.24) is 0 Å². The van der Waals surface area contributed by atoms with E-state index in [1.54, 1.807) is 30.4 Å². The van der Waals surface area contributed by atoms with Crippen LogP contribution < -0.4 is 0 Å². The SMILES string of the molecule is C/C=C/C(=O)OCC[N+](CC)(CCC)CCCC.CCCC[N+](CC)(CCC)CCOC(=O)/C=C/c1ccccc1.CCC[N+](CC)(CCC)CCOC(=O)/C=C/c1ccccc1.CC[N+](CC)(CC)CCOC(=O)/C=C/c1ccccc1.C[N+](C)(C)CCOC(=O)/C=C/c1ccccc1. The molecule has 0 heterocycles. The fourth-order valence-electron chi connectivity index (χ4n) is 11.5. The molecular weight excluding hydrogens is 1250 g/mol. The molecule has 0 amide bonds. The highest BCUT2D eigenvalue weighted by molar-refractivity contribution is 5.88. The Morgan fingerprint density at radius 1 is 0.280 bits per heavy atom. The first kappa shape index (κ1) is 92.7. The first-order valence-electron chi connectivity index (χ1n) is 37.7. The molecule has 15 heteroatoms. The van der Waals surface area contributed by atoms with Crippen LogP contribution in [-0.4, -0.2) is 218 Å². The van der Waals surface area contributed by atoms with Gasteiger partial charge in [0.2, 0.25) is 0 Å². The molecule has 0 radical (unpaired) electrons. The number of quaternary nitrogens is 5. The summed E-state index contributed by atoms with van der Waals surface area (Å²) < 4.78 is 31.3. The third-order valence-corrected chi connectivity index (χ3v) is 18.2. The number of benzene rings is 4. The van der Waals surface area contributed by atoms with Crippen molar-refractivity contribution in [2.75, 3.05) is 165 Å². The van der Waals surface area contributed by atoms with Crippen LogP contribution in [0.15, 0.2) is 158 Å². The lowest BCUT2D eigenvalue weighted by molar-refractivity contribution is -0.927. The number of hydrogen-bond donors (Lipinski definition) is 0. The number of likely N-dealkylation sites (N-methyl/N-ethyl adjacent to an activating group) is 5. The van der Waals surface area contributed by atoms with Crippen molar-refractivity contribution in [3.63, 3.8) is 0 Å². The zero-order valence-electron chi connectivity index (χ0n) is 65.4. The van der Waals surface area contributed by atoms with Crippen LogP contribution in [0, 0.1) is 0 Å². The fourth-order valence-corrected chi connectivity index (χ4v) is 11.5. The summed E-state index contributed by atoms with van der Waals surface area (Å²) in [5.74, 6) is -1.29. The van der Waals surface area contributed by atoms with Crippen molar-refractivity contribution < 1.29 is 70.1 Å². The second-order valence-corrected chi connectivity index (χ2v) is 26.5. The number of carbonyl (C=O) groups excluding carboxylic acids is 5. The molecule has 0 aliphatic rings. The third kappa shape index (κ3) is 45.5. The van der Waals surface area contributed by atoms with E-state index in [2.05, 4.69) is 104 Å². The van der Waals surface area contributed by atoms with Crippen molar-refractivity contribution in [2.24, 2.45) is 0 Å². The van der Waals surface area contributed by atoms with Crippen LogP contribution >= 0.6 is 0 Å². The molecule has 0 N–H and O–H groups in total. The summed E-state index contributed by atoms with van der Waals surface area (Å²) in [5, 5.41) is 0. The summed E-state index contributed by atoms with van der Waals surface area (Å²) in [6, 6.07) is 39.0. The first-order valence-corrected chi connectivity index (χ1v) is 37.7. The Morgan fingerprint density at radius 2 is 0.500 bits per heavy atom. The van der Waals surface area contributed by atoms with Crippen molar-refractivity contribution >= 4 is 54.2 Å². The maximum Gasteiger partial charge on any atom is 0.330 e. The second-order valence-electron chi connectivity index (χ2n) is 26.5. The highest BCUT2D eigenvalue weighted by atomic mass is 16.5. The molecule has 0 saturated heterocycles. The third-order valence-electron chi connectivity index (χ3n) is 18.2. The minimum atomic E-state index is -0.290. The van der Waals surface area contributed by atoms with E-state index in [1.165, 1.54) is 88.5 Å². The van der Waals surface area contributed by atoms with Crippen LogP contribution in [-0.2, 0) is 47.7 Å². The Balaban J connectivity index is 0.00000123. The van der Waals surface area contributed by atoms with Crippen LogP contribution in [0.2, 0.25) is 0 Å². The zero-order valence-corrected chi connectivity index (χ0v) is 65.4. The average molecular weight is 1390 g/mol. The van der Waals surface area contributed by atoms with E-state index in [0.717, 1.165) is 149 Å². The van der Waals surface area contributed by atoms with Gasteiger partial charge in [0.25, 0.3) is 0 Å². The van der Waals surface area contributed by atoms with Gasteiger partial charge in [-0.05, 0) is 134 Å². The summed E-state index contributed by atoms with van der Waals surface area (Å²) in [4.78, 5) is 57.9. The van der Waals surface area contributed by atoms with E-state index < -0.39 is 0 Å². The van der Waals surface area contributed by atoms with Gasteiger partial charge in [0.05, 0.1) is 99.7 Å². The molecular formula is C85H138N5O10+5. The summed E-state index contributed by atoms with van der Waals surface area (Å²) in [5.41, 5.74) is 4.02. The standard InChI is InChI=1S/C20H32NO2.C19H30NO2.C17H26NO2.C15H30NO2.C14H20NO2/c1-4-7-16-21(6-3,15-5-2)17-18-23-20(22)14-13-19-11-9-8-10-12-19;1-4-14-20(6-3,15-5-2)16-17-22-19(21)13-12-18-10-8-7-9-11-18;1-4-18(5-2,6-3)14-15-20-17(19)13-12-16-10-8-7-9-11-16;1-5-9-12-16(8-4,11-7-3)13-14-18-15(17)10-6-2;1-15(2,3)11-12-17-14(16)10-9-13-7-5-4-6-8-13/h8-14H,4-7,15-18H2,1-3H3;7-13H,4-6,14-17H2,1-3H3;7-13H,4-6,14-15H2,1-3H3;6,10H,5,7-9,11-14H2,1-4H3;4-10H,11-12H2,1-3H3/q5*+1/b14-13+;2*13-12+;10-6+;10-9+. The lowest BCUT2D eigenvalue weighted by atomic mass is 10.2. The minimum Gasteiger partial charge on any atom is -0.457 e. The zero-order chi connectivity index (χ0) is 74.7. The van der Waals surface area contributed by atoms with E-state index in [0.29, 0.717) is 33.0 Å². The van der Waals surface area contributed by atoms with E-state index in [9.17, 15) is 24.0 Å². The van der Waals surface area contributed by atoms with Crippen LogP contribution in [0.4, 0.5) is 0 Å². The van der Waals surface area contributed by atoms with Crippen LogP contribution in [0.5, 0.6) is 0 Å². The van der Waals surface area contributed by atoms with Gasteiger partial charge in [-0.1, -0.05) is 182 Å². The summed E-state index contributed by atoms with van der Waals surface area (Å²) >= 11 is 0. The highest BCUT2D eigenvalue weighted by Crippen LogP contribution is 2.15. The predicted octanol–water partition coefficient (Wildman–Crippen LogP) is 16.4. The summed E-state index contributed by atoms with van der Waals surface area (Å²) in [6.07, 6.45) is 25.9. The van der Waals surface area contributed by atoms with Gasteiger partial charge < -0.3 is 46.1 Å². The average Bonchev–Trinajstić information content (AvgIpc) is 0.962. The van der Waals surface area contributed by atoms with Crippen molar-refractivity contribution in [3.05, 3.63) is 180 Å². The Hall–Kier alpha value is -7.27. The molecule has 4 rings (SSSR count). The fraction of sp³-hybridized carbons (Fsp3) is 0.541. The summed E-state index contributed by atoms with van der Waals surface area (Å²) in [6.45, 7) is 48.9. The maximum atomic E-state index is 11.8.